The summed E-state index contributed by atoms with van der Waals surface area (Å²) in [6, 6.07) is 5.81. The van der Waals surface area contributed by atoms with Crippen molar-refractivity contribution in [1.82, 2.24) is 5.32 Å². The maximum Gasteiger partial charge on any atom is 0.224 e. The molecule has 0 aliphatic heterocycles. The largest absolute Gasteiger partial charge is 0.507 e. The average Bonchev–Trinajstić information content (AvgIpc) is 2.95. The minimum atomic E-state index is -0.00581. The van der Waals surface area contributed by atoms with Crippen LogP contribution in [0.5, 0.6) is 5.75 Å². The van der Waals surface area contributed by atoms with E-state index >= 15 is 0 Å². The predicted molar refractivity (Wildman–Crippen MR) is 89.5 cm³/mol. The number of halogens is 1. The molecule has 0 unspecified atom stereocenters. The van der Waals surface area contributed by atoms with Gasteiger partial charge in [-0.25, -0.2) is 0 Å². The van der Waals surface area contributed by atoms with Crippen molar-refractivity contribution in [3.05, 3.63) is 29.3 Å². The van der Waals surface area contributed by atoms with Crippen molar-refractivity contribution in [3.8, 4) is 5.75 Å². The van der Waals surface area contributed by atoms with Crippen molar-refractivity contribution in [3.63, 3.8) is 0 Å². The molecule has 0 spiro atoms. The van der Waals surface area contributed by atoms with Crippen molar-refractivity contribution in [2.75, 3.05) is 11.0 Å². The van der Waals surface area contributed by atoms with Crippen LogP contribution in [0.25, 0.3) is 0 Å². The van der Waals surface area contributed by atoms with E-state index in [-0.39, 0.29) is 12.3 Å². The summed E-state index contributed by atoms with van der Waals surface area (Å²) in [5, 5.41) is 13.3. The van der Waals surface area contributed by atoms with Crippen LogP contribution in [0.2, 0.25) is 0 Å². The first-order chi connectivity index (χ1) is 9.72. The maximum atomic E-state index is 11.8. The third-order valence-electron chi connectivity index (χ3n) is 3.93. The number of benzene rings is 1. The molecule has 1 aromatic carbocycles. The second-order valence-corrected chi connectivity index (χ2v) is 6.48. The zero-order chi connectivity index (χ0) is 14.4. The first kappa shape index (κ1) is 15.6. The Hall–Kier alpha value is -0.780. The van der Waals surface area contributed by atoms with Crippen LogP contribution < -0.4 is 5.32 Å². The summed E-state index contributed by atoms with van der Waals surface area (Å²) in [5.41, 5.74) is 1.78. The third-order valence-corrected chi connectivity index (χ3v) is 4.69. The Morgan fingerprint density at radius 2 is 2.10 bits per heavy atom. The lowest BCUT2D eigenvalue weighted by Crippen LogP contribution is -2.26. The summed E-state index contributed by atoms with van der Waals surface area (Å²) in [6.07, 6.45) is 6.04. The van der Waals surface area contributed by atoms with Gasteiger partial charge in [-0.05, 0) is 30.7 Å². The van der Waals surface area contributed by atoms with Gasteiger partial charge in [0.25, 0.3) is 0 Å². The monoisotopic (exact) mass is 387 g/mol. The number of carbonyl (C=O) groups excluding carboxylic acids is 1. The van der Waals surface area contributed by atoms with Gasteiger partial charge in [-0.2, -0.15) is 0 Å². The lowest BCUT2D eigenvalue weighted by molar-refractivity contribution is -0.120. The second kappa shape index (κ2) is 7.86. The van der Waals surface area contributed by atoms with E-state index < -0.39 is 0 Å². The second-order valence-electron chi connectivity index (χ2n) is 5.41. The molecule has 1 aromatic rings. The number of para-hydroxylation sites is 1. The number of carbonyl (C=O) groups is 1. The normalized spacial score (nSPS) is 15.4. The van der Waals surface area contributed by atoms with Crippen LogP contribution in [0.4, 0.5) is 0 Å². The Kier molecular flexibility index (Phi) is 6.13. The van der Waals surface area contributed by atoms with Gasteiger partial charge < -0.3 is 10.4 Å². The highest BCUT2D eigenvalue weighted by Gasteiger charge is 2.21. The van der Waals surface area contributed by atoms with Gasteiger partial charge in [0.05, 0.1) is 6.42 Å². The van der Waals surface area contributed by atoms with Gasteiger partial charge in [-0.3, -0.25) is 4.79 Å². The highest BCUT2D eigenvalue weighted by Crippen LogP contribution is 2.39. The number of aromatic hydroxyl groups is 1. The summed E-state index contributed by atoms with van der Waals surface area (Å²) < 4.78 is 1.04. The molecule has 110 valence electrons. The van der Waals surface area contributed by atoms with E-state index in [0.717, 1.165) is 34.8 Å². The predicted octanol–water partition coefficient (Wildman–Crippen LogP) is 3.53. The molecule has 1 aliphatic rings. The van der Waals surface area contributed by atoms with E-state index in [1.807, 2.05) is 18.2 Å². The van der Waals surface area contributed by atoms with Crippen LogP contribution >= 0.6 is 22.6 Å². The Balaban J connectivity index is 2.01. The van der Waals surface area contributed by atoms with Gasteiger partial charge in [-0.1, -0.05) is 53.6 Å². The zero-order valence-corrected chi connectivity index (χ0v) is 13.9. The van der Waals surface area contributed by atoms with Crippen LogP contribution in [0.3, 0.4) is 0 Å². The third kappa shape index (κ3) is 4.11. The Morgan fingerprint density at radius 1 is 1.35 bits per heavy atom. The van der Waals surface area contributed by atoms with Crippen LogP contribution in [0, 0.1) is 0 Å². The van der Waals surface area contributed by atoms with Gasteiger partial charge in [-0.15, -0.1) is 0 Å². The molecule has 0 radical (unpaired) electrons. The van der Waals surface area contributed by atoms with Gasteiger partial charge in [0.2, 0.25) is 5.91 Å². The number of amides is 1. The van der Waals surface area contributed by atoms with Crippen LogP contribution in [0.1, 0.15) is 49.1 Å². The molecule has 2 rings (SSSR count). The summed E-state index contributed by atoms with van der Waals surface area (Å²) in [7, 11) is 0. The zero-order valence-electron chi connectivity index (χ0n) is 11.7. The Bertz CT molecular complexity index is 456. The summed E-state index contributed by atoms with van der Waals surface area (Å²) in [4.78, 5) is 11.8. The summed E-state index contributed by atoms with van der Waals surface area (Å²) >= 11 is 2.30. The molecule has 1 saturated carbocycles. The molecule has 1 amide bonds. The number of phenolic OH excluding ortho intramolecular Hbond substituents is 1. The number of hydrogen-bond acceptors (Lipinski definition) is 2. The highest BCUT2D eigenvalue weighted by atomic mass is 127. The number of alkyl halides is 1. The Labute approximate surface area is 134 Å². The minimum Gasteiger partial charge on any atom is -0.507 e. The van der Waals surface area contributed by atoms with E-state index in [9.17, 15) is 9.90 Å². The molecular weight excluding hydrogens is 365 g/mol. The number of phenols is 1. The lowest BCUT2D eigenvalue weighted by Gasteiger charge is -2.14. The van der Waals surface area contributed by atoms with E-state index in [1.165, 1.54) is 12.8 Å². The van der Waals surface area contributed by atoms with Crippen LogP contribution in [-0.2, 0) is 11.2 Å². The van der Waals surface area contributed by atoms with Gasteiger partial charge in [0.15, 0.2) is 0 Å². The van der Waals surface area contributed by atoms with Gasteiger partial charge >= 0.3 is 0 Å². The Morgan fingerprint density at radius 3 is 2.80 bits per heavy atom. The molecule has 0 aromatic heterocycles. The fraction of sp³-hybridized carbons (Fsp3) is 0.562. The van der Waals surface area contributed by atoms with Crippen LogP contribution in [-0.4, -0.2) is 22.0 Å². The fourth-order valence-corrected chi connectivity index (χ4v) is 3.23. The topological polar surface area (TPSA) is 49.3 Å². The quantitative estimate of drug-likeness (QED) is 0.446. The average molecular weight is 387 g/mol. The SMILES string of the molecule is O=C(Cc1cccc(C2CCCC2)c1O)NCCCI. The van der Waals surface area contributed by atoms with Crippen molar-refractivity contribution in [2.45, 2.75) is 44.4 Å². The van der Waals surface area contributed by atoms with Gasteiger partial charge in [0, 0.05) is 16.5 Å². The van der Waals surface area contributed by atoms with Crippen molar-refractivity contribution in [2.24, 2.45) is 0 Å². The molecular formula is C16H22INO2. The fourth-order valence-electron chi connectivity index (χ4n) is 2.85. The van der Waals surface area contributed by atoms with E-state index in [0.29, 0.717) is 18.2 Å². The van der Waals surface area contributed by atoms with Crippen molar-refractivity contribution < 1.29 is 9.90 Å². The van der Waals surface area contributed by atoms with E-state index in [1.54, 1.807) is 0 Å². The molecule has 2 N–H and O–H groups in total. The molecule has 4 heteroatoms. The first-order valence-corrected chi connectivity index (χ1v) is 8.88. The standard InChI is InChI=1S/C16H22INO2/c17-9-4-10-18-15(19)11-13-7-3-8-14(16(13)20)12-5-1-2-6-12/h3,7-8,12,20H,1-2,4-6,9-11H2,(H,18,19). The van der Waals surface area contributed by atoms with Crippen molar-refractivity contribution in [1.29, 1.82) is 0 Å². The molecule has 0 bridgehead atoms. The first-order valence-electron chi connectivity index (χ1n) is 7.35. The van der Waals surface area contributed by atoms with Crippen LogP contribution in [0.15, 0.2) is 18.2 Å². The molecule has 3 nitrogen and oxygen atoms in total. The molecule has 1 aliphatic carbocycles. The smallest absolute Gasteiger partial charge is 0.224 e. The molecule has 1 fully saturated rings. The summed E-state index contributed by atoms with van der Waals surface area (Å²) in [5.74, 6) is 0.800. The molecule has 0 heterocycles. The molecule has 0 atom stereocenters. The minimum absolute atomic E-state index is 0.00581. The highest BCUT2D eigenvalue weighted by molar-refractivity contribution is 14.1. The number of nitrogens with one attached hydrogen (secondary N) is 1. The number of rotatable bonds is 6. The molecule has 0 saturated heterocycles. The van der Waals surface area contributed by atoms with E-state index in [2.05, 4.69) is 27.9 Å². The van der Waals surface area contributed by atoms with E-state index in [4.69, 9.17) is 0 Å². The lowest BCUT2D eigenvalue weighted by atomic mass is 9.94. The summed E-state index contributed by atoms with van der Waals surface area (Å²) in [6.45, 7) is 0.713. The van der Waals surface area contributed by atoms with Gasteiger partial charge in [0.1, 0.15) is 5.75 Å². The molecule has 20 heavy (non-hydrogen) atoms. The van der Waals surface area contributed by atoms with Crippen molar-refractivity contribution >= 4 is 28.5 Å². The maximum absolute atomic E-state index is 11.8. The number of hydrogen-bond donors (Lipinski definition) is 2.